The predicted molar refractivity (Wildman–Crippen MR) is 69.0 cm³/mol. The highest BCUT2D eigenvalue weighted by Crippen LogP contribution is 2.25. The fraction of sp³-hybridized carbons (Fsp3) is 0. The summed E-state index contributed by atoms with van der Waals surface area (Å²) in [4.78, 5) is 11.0. The predicted octanol–water partition coefficient (Wildman–Crippen LogP) is 2.39. The quantitative estimate of drug-likeness (QED) is 0.744. The van der Waals surface area contributed by atoms with Gasteiger partial charge in [-0.1, -0.05) is 0 Å². The molecule has 98 valence electrons. The lowest BCUT2D eigenvalue weighted by Gasteiger charge is -2.10. The van der Waals surface area contributed by atoms with Gasteiger partial charge < -0.3 is 16.8 Å². The molecule has 2 rings (SSSR count). The molecular weight excluding hydrogens is 252 g/mol. The van der Waals surface area contributed by atoms with Gasteiger partial charge in [0.15, 0.2) is 0 Å². The summed E-state index contributed by atoms with van der Waals surface area (Å²) < 4.78 is 26.1. The average Bonchev–Trinajstić information content (AvgIpc) is 2.30. The average molecular weight is 263 g/mol. The van der Waals surface area contributed by atoms with E-state index in [4.69, 9.17) is 11.5 Å². The number of benzene rings is 2. The van der Waals surface area contributed by atoms with Gasteiger partial charge in [-0.05, 0) is 30.3 Å². The monoisotopic (exact) mass is 263 g/mol. The van der Waals surface area contributed by atoms with Gasteiger partial charge in [0.2, 0.25) is 5.91 Å². The number of nitrogen functional groups attached to an aromatic ring is 1. The number of anilines is 3. The molecule has 6 heteroatoms. The summed E-state index contributed by atoms with van der Waals surface area (Å²) in [5, 5.41) is 2.76. The number of carbonyl (C=O) groups excluding carboxylic acids is 1. The summed E-state index contributed by atoms with van der Waals surface area (Å²) in [5.41, 5.74) is 12.0. The molecule has 0 aliphatic rings. The van der Waals surface area contributed by atoms with Crippen LogP contribution in [-0.2, 0) is 0 Å². The number of halogens is 2. The highest BCUT2D eigenvalue weighted by Gasteiger charge is 2.06. The maximum Gasteiger partial charge on any atom is 0.248 e. The number of hydrogen-bond donors (Lipinski definition) is 3. The Balaban J connectivity index is 2.30. The first-order valence-corrected chi connectivity index (χ1v) is 5.38. The molecule has 0 atom stereocenters. The van der Waals surface area contributed by atoms with E-state index in [9.17, 15) is 13.6 Å². The van der Waals surface area contributed by atoms with Crippen LogP contribution in [0, 0.1) is 11.6 Å². The van der Waals surface area contributed by atoms with Gasteiger partial charge in [0, 0.05) is 17.3 Å². The molecule has 0 unspecified atom stereocenters. The molecule has 19 heavy (non-hydrogen) atoms. The van der Waals surface area contributed by atoms with Crippen molar-refractivity contribution in [3.05, 3.63) is 53.6 Å². The molecule has 0 aliphatic heterocycles. The van der Waals surface area contributed by atoms with Gasteiger partial charge in [0.1, 0.15) is 11.6 Å². The van der Waals surface area contributed by atoms with Crippen molar-refractivity contribution < 1.29 is 13.6 Å². The Morgan fingerprint density at radius 1 is 1.05 bits per heavy atom. The zero-order valence-electron chi connectivity index (χ0n) is 9.78. The number of rotatable bonds is 3. The molecule has 1 amide bonds. The maximum atomic E-state index is 13.0. The number of nitrogens with one attached hydrogen (secondary N) is 1. The normalized spacial score (nSPS) is 10.2. The Labute approximate surface area is 108 Å². The Kier molecular flexibility index (Phi) is 3.33. The summed E-state index contributed by atoms with van der Waals surface area (Å²) in [5.74, 6) is -2.00. The Hall–Kier alpha value is -2.63. The third-order valence-corrected chi connectivity index (χ3v) is 2.48. The van der Waals surface area contributed by atoms with Crippen molar-refractivity contribution in [2.75, 3.05) is 11.1 Å². The van der Waals surface area contributed by atoms with Crippen molar-refractivity contribution in [1.82, 2.24) is 0 Å². The van der Waals surface area contributed by atoms with Gasteiger partial charge in [0.25, 0.3) is 0 Å². The van der Waals surface area contributed by atoms with Crippen LogP contribution < -0.4 is 16.8 Å². The third-order valence-electron chi connectivity index (χ3n) is 2.48. The minimum Gasteiger partial charge on any atom is -0.397 e. The summed E-state index contributed by atoms with van der Waals surface area (Å²) in [6, 6.07) is 7.40. The Morgan fingerprint density at radius 3 is 2.21 bits per heavy atom. The van der Waals surface area contributed by atoms with E-state index in [2.05, 4.69) is 5.32 Å². The number of carbonyl (C=O) groups is 1. The maximum absolute atomic E-state index is 13.0. The van der Waals surface area contributed by atoms with Gasteiger partial charge in [-0.3, -0.25) is 4.79 Å². The van der Waals surface area contributed by atoms with E-state index in [1.165, 1.54) is 18.2 Å². The van der Waals surface area contributed by atoms with Crippen LogP contribution in [0.15, 0.2) is 36.4 Å². The fourth-order valence-corrected chi connectivity index (χ4v) is 1.61. The molecule has 5 N–H and O–H groups in total. The van der Waals surface area contributed by atoms with E-state index in [0.717, 1.165) is 18.2 Å². The Morgan fingerprint density at radius 2 is 1.68 bits per heavy atom. The van der Waals surface area contributed by atoms with Crippen molar-refractivity contribution in [3.63, 3.8) is 0 Å². The van der Waals surface area contributed by atoms with Crippen LogP contribution >= 0.6 is 0 Å². The third kappa shape index (κ3) is 2.98. The van der Waals surface area contributed by atoms with Crippen molar-refractivity contribution in [2.24, 2.45) is 5.73 Å². The van der Waals surface area contributed by atoms with Gasteiger partial charge >= 0.3 is 0 Å². The lowest BCUT2D eigenvalue weighted by Crippen LogP contribution is -2.11. The Bertz CT molecular complexity index is 624. The second kappa shape index (κ2) is 4.93. The van der Waals surface area contributed by atoms with E-state index in [1.807, 2.05) is 0 Å². The lowest BCUT2D eigenvalue weighted by molar-refractivity contribution is 0.100. The van der Waals surface area contributed by atoms with Crippen molar-refractivity contribution in [1.29, 1.82) is 0 Å². The molecule has 0 heterocycles. The van der Waals surface area contributed by atoms with Crippen LogP contribution in [0.25, 0.3) is 0 Å². The van der Waals surface area contributed by atoms with Crippen LogP contribution in [0.2, 0.25) is 0 Å². The first-order chi connectivity index (χ1) is 8.95. The first-order valence-electron chi connectivity index (χ1n) is 5.38. The summed E-state index contributed by atoms with van der Waals surface area (Å²) in [6.45, 7) is 0. The van der Waals surface area contributed by atoms with Gasteiger partial charge in [-0.2, -0.15) is 0 Å². The summed E-state index contributed by atoms with van der Waals surface area (Å²) in [6.07, 6.45) is 0. The summed E-state index contributed by atoms with van der Waals surface area (Å²) in [7, 11) is 0. The molecule has 0 bridgehead atoms. The molecule has 0 spiro atoms. The minimum atomic E-state index is -0.699. The number of nitrogens with two attached hydrogens (primary N) is 2. The SMILES string of the molecule is NC(=O)c1ccc(Nc2cc(F)cc(F)c2)c(N)c1. The van der Waals surface area contributed by atoms with Crippen molar-refractivity contribution in [2.45, 2.75) is 0 Å². The topological polar surface area (TPSA) is 81.1 Å². The van der Waals surface area contributed by atoms with E-state index in [1.54, 1.807) is 0 Å². The zero-order valence-corrected chi connectivity index (χ0v) is 9.78. The van der Waals surface area contributed by atoms with Crippen molar-refractivity contribution in [3.8, 4) is 0 Å². The molecule has 4 nitrogen and oxygen atoms in total. The van der Waals surface area contributed by atoms with Gasteiger partial charge in [-0.25, -0.2) is 8.78 Å². The first kappa shape index (κ1) is 12.8. The van der Waals surface area contributed by atoms with Crippen molar-refractivity contribution >= 4 is 23.0 Å². The minimum absolute atomic E-state index is 0.219. The molecule has 2 aromatic carbocycles. The lowest BCUT2D eigenvalue weighted by atomic mass is 10.1. The second-order valence-electron chi connectivity index (χ2n) is 3.95. The second-order valence-corrected chi connectivity index (χ2v) is 3.95. The number of primary amides is 1. The molecular formula is C13H11F2N3O. The smallest absolute Gasteiger partial charge is 0.248 e. The van der Waals surface area contributed by atoms with Crippen LogP contribution in [0.3, 0.4) is 0 Å². The standard InChI is InChI=1S/C13H11F2N3O/c14-8-4-9(15)6-10(5-8)18-12-2-1-7(13(17)19)3-11(12)16/h1-6,18H,16H2,(H2,17,19). The molecule has 0 fully saturated rings. The van der Waals surface area contributed by atoms with E-state index in [0.29, 0.717) is 5.69 Å². The summed E-state index contributed by atoms with van der Waals surface area (Å²) >= 11 is 0. The van der Waals surface area contributed by atoms with Gasteiger partial charge in [0.05, 0.1) is 11.4 Å². The van der Waals surface area contributed by atoms with Crippen LogP contribution in [0.5, 0.6) is 0 Å². The van der Waals surface area contributed by atoms with E-state index in [-0.39, 0.29) is 16.9 Å². The van der Waals surface area contributed by atoms with Gasteiger partial charge in [-0.15, -0.1) is 0 Å². The molecule has 0 saturated heterocycles. The number of hydrogen-bond acceptors (Lipinski definition) is 3. The number of amides is 1. The highest BCUT2D eigenvalue weighted by molar-refractivity contribution is 5.95. The molecule has 0 radical (unpaired) electrons. The highest BCUT2D eigenvalue weighted by atomic mass is 19.1. The van der Waals surface area contributed by atoms with E-state index < -0.39 is 17.5 Å². The van der Waals surface area contributed by atoms with Crippen LogP contribution in [0.4, 0.5) is 25.8 Å². The molecule has 0 aromatic heterocycles. The van der Waals surface area contributed by atoms with E-state index >= 15 is 0 Å². The van der Waals surface area contributed by atoms with Crippen LogP contribution in [-0.4, -0.2) is 5.91 Å². The molecule has 2 aromatic rings. The molecule has 0 saturated carbocycles. The molecule has 0 aliphatic carbocycles. The largest absolute Gasteiger partial charge is 0.397 e. The fourth-order valence-electron chi connectivity index (χ4n) is 1.61. The van der Waals surface area contributed by atoms with Crippen LogP contribution in [0.1, 0.15) is 10.4 Å². The zero-order chi connectivity index (χ0) is 14.0.